The van der Waals surface area contributed by atoms with E-state index in [4.69, 9.17) is 9.84 Å². The Morgan fingerprint density at radius 1 is 1.16 bits per heavy atom. The van der Waals surface area contributed by atoms with E-state index in [0.29, 0.717) is 31.0 Å². The van der Waals surface area contributed by atoms with Gasteiger partial charge < -0.3 is 19.1 Å². The molecule has 2 fully saturated rings. The summed E-state index contributed by atoms with van der Waals surface area (Å²) < 4.78 is 7.51. The molecular weight excluding hydrogens is 322 g/mol. The Labute approximate surface area is 145 Å². The average molecular weight is 343 g/mol. The molecule has 2 saturated heterocycles. The lowest BCUT2D eigenvalue weighted by molar-refractivity contribution is -0.150. The van der Waals surface area contributed by atoms with Crippen LogP contribution in [0.1, 0.15) is 36.0 Å². The number of hydrogen-bond donors (Lipinski definition) is 1. The largest absolute Gasteiger partial charge is 0.479 e. The van der Waals surface area contributed by atoms with Gasteiger partial charge in [0, 0.05) is 19.3 Å². The van der Waals surface area contributed by atoms with Crippen molar-refractivity contribution < 1.29 is 19.4 Å². The summed E-state index contributed by atoms with van der Waals surface area (Å²) in [5.74, 6) is -0.501. The molecule has 2 aliphatic heterocycles. The van der Waals surface area contributed by atoms with E-state index >= 15 is 0 Å². The van der Waals surface area contributed by atoms with Crippen LogP contribution in [0.4, 0.5) is 0 Å². The van der Waals surface area contributed by atoms with Crippen LogP contribution in [-0.4, -0.2) is 56.6 Å². The summed E-state index contributed by atoms with van der Waals surface area (Å²) in [5.41, 5.74) is 1.62. The summed E-state index contributed by atoms with van der Waals surface area (Å²) in [6.45, 7) is 1.37. The highest BCUT2D eigenvalue weighted by molar-refractivity contribution is 5.94. The lowest BCUT2D eigenvalue weighted by Gasteiger charge is -2.34. The van der Waals surface area contributed by atoms with Gasteiger partial charge in [0.25, 0.3) is 5.91 Å². The molecule has 0 aliphatic carbocycles. The monoisotopic (exact) mass is 343 g/mol. The van der Waals surface area contributed by atoms with Crippen molar-refractivity contribution in [2.45, 2.75) is 37.9 Å². The Kier molecular flexibility index (Phi) is 4.17. The Bertz CT molecular complexity index is 794. The number of aromatic nitrogens is 2. The number of piperidine rings is 1. The van der Waals surface area contributed by atoms with E-state index in [1.165, 1.54) is 0 Å². The van der Waals surface area contributed by atoms with Crippen molar-refractivity contribution in [3.05, 3.63) is 36.4 Å². The van der Waals surface area contributed by atoms with E-state index < -0.39 is 12.1 Å². The molecule has 7 nitrogen and oxygen atoms in total. The van der Waals surface area contributed by atoms with Crippen molar-refractivity contribution >= 4 is 17.4 Å². The summed E-state index contributed by atoms with van der Waals surface area (Å²) in [6, 6.07) is 3.73. The molecule has 2 atom stereocenters. The first-order chi connectivity index (χ1) is 12.1. The number of aliphatic carboxylic acids is 1. The third-order valence-electron chi connectivity index (χ3n) is 5.34. The van der Waals surface area contributed by atoms with Crippen molar-refractivity contribution in [2.24, 2.45) is 5.92 Å². The zero-order valence-corrected chi connectivity index (χ0v) is 13.9. The SMILES string of the molecule is O=C(O)[C@H]1CC[C@@H](C2CCN(C(=O)c3ccc4cncn4c3)CC2)O1. The van der Waals surface area contributed by atoms with Gasteiger partial charge in [0.1, 0.15) is 0 Å². The minimum Gasteiger partial charge on any atom is -0.479 e. The highest BCUT2D eigenvalue weighted by atomic mass is 16.5. The second kappa shape index (κ2) is 6.48. The highest BCUT2D eigenvalue weighted by Crippen LogP contribution is 2.32. The van der Waals surface area contributed by atoms with Crippen molar-refractivity contribution in [2.75, 3.05) is 13.1 Å². The van der Waals surface area contributed by atoms with Gasteiger partial charge in [0.05, 0.1) is 29.7 Å². The summed E-state index contributed by atoms with van der Waals surface area (Å²) in [4.78, 5) is 29.7. The molecule has 25 heavy (non-hydrogen) atoms. The van der Waals surface area contributed by atoms with Crippen molar-refractivity contribution in [1.29, 1.82) is 0 Å². The van der Waals surface area contributed by atoms with Gasteiger partial charge in [-0.15, -0.1) is 0 Å². The van der Waals surface area contributed by atoms with E-state index in [1.807, 2.05) is 27.6 Å². The van der Waals surface area contributed by atoms with Crippen LogP contribution in [-0.2, 0) is 9.53 Å². The average Bonchev–Trinajstić information content (AvgIpc) is 3.30. The van der Waals surface area contributed by atoms with E-state index in [2.05, 4.69) is 4.98 Å². The maximum Gasteiger partial charge on any atom is 0.332 e. The standard InChI is InChI=1S/C18H21N3O4/c22-17(13-1-2-14-9-19-11-21(14)10-13)20-7-5-12(6-8-20)15-3-4-16(25-15)18(23)24/h1-2,9-12,15-16H,3-8H2,(H,23,24)/t15-,16+/m0/s1. The minimum atomic E-state index is -0.870. The maximum absolute atomic E-state index is 12.7. The number of amides is 1. The van der Waals surface area contributed by atoms with Gasteiger partial charge in [-0.05, 0) is 43.7 Å². The zero-order chi connectivity index (χ0) is 17.4. The molecule has 0 aromatic carbocycles. The molecule has 4 heterocycles. The topological polar surface area (TPSA) is 84.1 Å². The summed E-state index contributed by atoms with van der Waals surface area (Å²) >= 11 is 0. The number of nitrogens with zero attached hydrogens (tertiary/aromatic N) is 3. The van der Waals surface area contributed by atoms with E-state index in [9.17, 15) is 9.59 Å². The number of hydrogen-bond acceptors (Lipinski definition) is 4. The number of ether oxygens (including phenoxy) is 1. The molecule has 132 valence electrons. The molecule has 0 saturated carbocycles. The fraction of sp³-hybridized carbons (Fsp3) is 0.500. The van der Waals surface area contributed by atoms with Crippen LogP contribution in [0.15, 0.2) is 30.9 Å². The first-order valence-corrected chi connectivity index (χ1v) is 8.71. The number of carbonyl (C=O) groups is 2. The predicted octanol–water partition coefficient (Wildman–Crippen LogP) is 1.82. The van der Waals surface area contributed by atoms with Crippen molar-refractivity contribution in [3.8, 4) is 0 Å². The van der Waals surface area contributed by atoms with Gasteiger partial charge in [0.2, 0.25) is 0 Å². The van der Waals surface area contributed by atoms with Crippen LogP contribution >= 0.6 is 0 Å². The number of pyridine rings is 1. The van der Waals surface area contributed by atoms with Crippen LogP contribution in [0.25, 0.3) is 5.52 Å². The van der Waals surface area contributed by atoms with Crippen LogP contribution in [0, 0.1) is 5.92 Å². The Hall–Kier alpha value is -2.41. The molecule has 0 spiro atoms. The second-order valence-electron chi connectivity index (χ2n) is 6.85. The van der Waals surface area contributed by atoms with Gasteiger partial charge in [-0.3, -0.25) is 4.79 Å². The second-order valence-corrected chi connectivity index (χ2v) is 6.85. The fourth-order valence-electron chi connectivity index (χ4n) is 3.89. The van der Waals surface area contributed by atoms with Crippen molar-refractivity contribution in [1.82, 2.24) is 14.3 Å². The highest BCUT2D eigenvalue weighted by Gasteiger charge is 2.37. The first kappa shape index (κ1) is 16.1. The molecule has 2 aliphatic rings. The summed E-state index contributed by atoms with van der Waals surface area (Å²) in [6.07, 6.45) is 7.71. The first-order valence-electron chi connectivity index (χ1n) is 8.71. The smallest absolute Gasteiger partial charge is 0.332 e. The predicted molar refractivity (Wildman–Crippen MR) is 89.4 cm³/mol. The molecule has 1 amide bonds. The maximum atomic E-state index is 12.7. The third-order valence-corrected chi connectivity index (χ3v) is 5.34. The van der Waals surface area contributed by atoms with Crippen LogP contribution < -0.4 is 0 Å². The summed E-state index contributed by atoms with van der Waals surface area (Å²) in [7, 11) is 0. The van der Waals surface area contributed by atoms with Crippen molar-refractivity contribution in [3.63, 3.8) is 0 Å². The fourth-order valence-corrected chi connectivity index (χ4v) is 3.89. The Morgan fingerprint density at radius 2 is 1.96 bits per heavy atom. The van der Waals surface area contributed by atoms with E-state index in [1.54, 1.807) is 12.5 Å². The molecule has 0 unspecified atom stereocenters. The number of carboxylic acid groups (broad SMARTS) is 1. The molecule has 0 radical (unpaired) electrons. The lowest BCUT2D eigenvalue weighted by atomic mass is 9.89. The third kappa shape index (κ3) is 3.11. The molecule has 4 rings (SSSR count). The Balaban J connectivity index is 1.36. The normalized spacial score (nSPS) is 24.7. The van der Waals surface area contributed by atoms with Gasteiger partial charge in [-0.1, -0.05) is 0 Å². The van der Waals surface area contributed by atoms with E-state index in [-0.39, 0.29) is 12.0 Å². The number of fused-ring (bicyclic) bond motifs is 1. The van der Waals surface area contributed by atoms with Crippen LogP contribution in [0.5, 0.6) is 0 Å². The molecule has 2 aromatic heterocycles. The zero-order valence-electron chi connectivity index (χ0n) is 13.9. The van der Waals surface area contributed by atoms with Gasteiger partial charge >= 0.3 is 5.97 Å². The molecule has 0 bridgehead atoms. The quantitative estimate of drug-likeness (QED) is 0.919. The molecule has 7 heteroatoms. The molecular formula is C18H21N3O4. The van der Waals surface area contributed by atoms with E-state index in [0.717, 1.165) is 24.8 Å². The number of likely N-dealkylation sites (tertiary alicyclic amines) is 1. The number of carboxylic acids is 1. The number of carbonyl (C=O) groups excluding carboxylic acids is 1. The summed E-state index contributed by atoms with van der Waals surface area (Å²) in [5, 5.41) is 9.05. The van der Waals surface area contributed by atoms with Gasteiger partial charge in [-0.2, -0.15) is 0 Å². The molecule has 1 N–H and O–H groups in total. The van der Waals surface area contributed by atoms with Crippen LogP contribution in [0.2, 0.25) is 0 Å². The Morgan fingerprint density at radius 3 is 2.68 bits per heavy atom. The molecule has 2 aromatic rings. The number of rotatable bonds is 3. The minimum absolute atomic E-state index is 0.0145. The van der Waals surface area contributed by atoms with Gasteiger partial charge in [0.15, 0.2) is 6.10 Å². The number of imidazole rings is 1. The lowest BCUT2D eigenvalue weighted by Crippen LogP contribution is -2.41. The van der Waals surface area contributed by atoms with Crippen LogP contribution in [0.3, 0.4) is 0 Å². The van der Waals surface area contributed by atoms with Gasteiger partial charge in [-0.25, -0.2) is 9.78 Å².